The van der Waals surface area contributed by atoms with E-state index in [1.807, 2.05) is 0 Å². The van der Waals surface area contributed by atoms with Gasteiger partial charge in [-0.2, -0.15) is 0 Å². The molecule has 0 bridgehead atoms. The summed E-state index contributed by atoms with van der Waals surface area (Å²) in [6.45, 7) is 1.93. The fourth-order valence-corrected chi connectivity index (χ4v) is 2.66. The van der Waals surface area contributed by atoms with E-state index in [0.29, 0.717) is 21.3 Å². The summed E-state index contributed by atoms with van der Waals surface area (Å²) in [6, 6.07) is 5.61. The molecule has 0 unspecified atom stereocenters. The van der Waals surface area contributed by atoms with Crippen molar-refractivity contribution in [1.82, 2.24) is 10.3 Å². The van der Waals surface area contributed by atoms with E-state index in [4.69, 9.17) is 9.84 Å². The second-order valence-electron chi connectivity index (χ2n) is 4.66. The monoisotopic (exact) mass is 338 g/mol. The number of aryl methyl sites for hydroxylation is 1. The van der Waals surface area contributed by atoms with Crippen LogP contribution in [0.5, 0.6) is 5.75 Å². The second-order valence-corrected chi connectivity index (χ2v) is 5.75. The van der Waals surface area contributed by atoms with Crippen LogP contribution >= 0.6 is 11.3 Å². The normalized spacial score (nSPS) is 10.3. The molecule has 1 aromatic carbocycles. The van der Waals surface area contributed by atoms with Gasteiger partial charge in [-0.1, -0.05) is 0 Å². The minimum Gasteiger partial charge on any atom is -0.486 e. The van der Waals surface area contributed by atoms with E-state index in [-0.39, 0.29) is 31.3 Å². The molecule has 0 spiro atoms. The average Bonchev–Trinajstić information content (AvgIpc) is 2.87. The zero-order chi connectivity index (χ0) is 16.8. The fourth-order valence-electron chi connectivity index (χ4n) is 1.76. The van der Waals surface area contributed by atoms with E-state index >= 15 is 0 Å². The molecule has 1 heterocycles. The van der Waals surface area contributed by atoms with Crippen LogP contribution in [0.25, 0.3) is 0 Å². The van der Waals surface area contributed by atoms with Crippen LogP contribution < -0.4 is 10.1 Å². The number of hydrogen-bond donors (Lipinski definition) is 2. The predicted octanol–water partition coefficient (Wildman–Crippen LogP) is 2.37. The van der Waals surface area contributed by atoms with Gasteiger partial charge in [-0.15, -0.1) is 11.3 Å². The highest BCUT2D eigenvalue weighted by Gasteiger charge is 2.15. The summed E-state index contributed by atoms with van der Waals surface area (Å²) in [5.74, 6) is -1.16. The predicted molar refractivity (Wildman–Crippen MR) is 82.2 cm³/mol. The first-order chi connectivity index (χ1) is 11.0. The Balaban J connectivity index is 1.93. The summed E-state index contributed by atoms with van der Waals surface area (Å²) in [6.07, 6.45) is -0.135. The van der Waals surface area contributed by atoms with Crippen molar-refractivity contribution in [3.05, 3.63) is 45.7 Å². The number of nitrogens with one attached hydrogen (secondary N) is 1. The minimum absolute atomic E-state index is 0.0624. The van der Waals surface area contributed by atoms with Gasteiger partial charge in [0, 0.05) is 6.54 Å². The Hall–Kier alpha value is -2.48. The van der Waals surface area contributed by atoms with Crippen LogP contribution in [-0.2, 0) is 11.4 Å². The maximum absolute atomic E-state index is 12.8. The molecule has 2 N–H and O–H groups in total. The Morgan fingerprint density at radius 3 is 2.70 bits per heavy atom. The molecule has 0 aliphatic heterocycles. The molecular weight excluding hydrogens is 323 g/mol. The van der Waals surface area contributed by atoms with Gasteiger partial charge in [0.15, 0.2) is 0 Å². The summed E-state index contributed by atoms with van der Waals surface area (Å²) < 4.78 is 18.3. The Morgan fingerprint density at radius 1 is 1.35 bits per heavy atom. The number of carbonyl (C=O) groups is 2. The number of benzene rings is 1. The molecule has 6 nitrogen and oxygen atoms in total. The lowest BCUT2D eigenvalue weighted by atomic mass is 10.3. The molecule has 0 aliphatic rings. The molecule has 0 radical (unpaired) electrons. The number of carboxylic acid groups (broad SMARTS) is 1. The van der Waals surface area contributed by atoms with Gasteiger partial charge in [0.25, 0.3) is 5.91 Å². The number of rotatable bonds is 7. The van der Waals surface area contributed by atoms with Gasteiger partial charge >= 0.3 is 5.97 Å². The molecule has 0 atom stereocenters. The number of aromatic nitrogens is 1. The number of carbonyl (C=O) groups excluding carboxylic acids is 1. The van der Waals surface area contributed by atoms with Gasteiger partial charge in [-0.05, 0) is 31.2 Å². The molecule has 1 amide bonds. The molecule has 2 rings (SSSR count). The smallest absolute Gasteiger partial charge is 0.305 e. The van der Waals surface area contributed by atoms with E-state index in [0.717, 1.165) is 0 Å². The minimum atomic E-state index is -0.972. The van der Waals surface area contributed by atoms with Crippen molar-refractivity contribution in [2.45, 2.75) is 20.0 Å². The van der Waals surface area contributed by atoms with Crippen LogP contribution in [0.2, 0.25) is 0 Å². The molecule has 8 heteroatoms. The van der Waals surface area contributed by atoms with Crippen LogP contribution in [0.4, 0.5) is 4.39 Å². The van der Waals surface area contributed by atoms with Crippen molar-refractivity contribution >= 4 is 23.2 Å². The molecule has 2 aromatic rings. The van der Waals surface area contributed by atoms with Gasteiger partial charge in [0.2, 0.25) is 0 Å². The van der Waals surface area contributed by atoms with Crippen molar-refractivity contribution < 1.29 is 23.8 Å². The maximum atomic E-state index is 12.8. The zero-order valence-electron chi connectivity index (χ0n) is 12.3. The van der Waals surface area contributed by atoms with Crippen molar-refractivity contribution in [3.8, 4) is 5.75 Å². The van der Waals surface area contributed by atoms with Crippen molar-refractivity contribution in [1.29, 1.82) is 0 Å². The second kappa shape index (κ2) is 7.68. The lowest BCUT2D eigenvalue weighted by Gasteiger charge is -2.03. The van der Waals surface area contributed by atoms with E-state index in [1.165, 1.54) is 35.6 Å². The fraction of sp³-hybridized carbons (Fsp3) is 0.267. The quantitative estimate of drug-likeness (QED) is 0.809. The van der Waals surface area contributed by atoms with Crippen molar-refractivity contribution in [2.24, 2.45) is 0 Å². The van der Waals surface area contributed by atoms with Crippen LogP contribution in [0.15, 0.2) is 24.3 Å². The van der Waals surface area contributed by atoms with Crippen molar-refractivity contribution in [3.63, 3.8) is 0 Å². The third-order valence-corrected chi connectivity index (χ3v) is 3.98. The van der Waals surface area contributed by atoms with Crippen LogP contribution in [0, 0.1) is 12.7 Å². The number of amides is 1. The Kier molecular flexibility index (Phi) is 5.64. The number of halogens is 1. The van der Waals surface area contributed by atoms with E-state index in [9.17, 15) is 14.0 Å². The largest absolute Gasteiger partial charge is 0.486 e. The maximum Gasteiger partial charge on any atom is 0.305 e. The number of aliphatic carboxylic acids is 1. The average molecular weight is 338 g/mol. The summed E-state index contributed by atoms with van der Waals surface area (Å²) in [5, 5.41) is 11.7. The molecule has 1 aromatic heterocycles. The summed E-state index contributed by atoms with van der Waals surface area (Å²) in [5.41, 5.74) is 0.556. The number of nitrogens with zero attached hydrogens (tertiary/aromatic N) is 1. The van der Waals surface area contributed by atoms with Gasteiger partial charge in [-0.3, -0.25) is 9.59 Å². The highest BCUT2D eigenvalue weighted by molar-refractivity contribution is 7.13. The highest BCUT2D eigenvalue weighted by atomic mass is 32.1. The summed E-state index contributed by atoms with van der Waals surface area (Å²) >= 11 is 1.18. The van der Waals surface area contributed by atoms with E-state index in [2.05, 4.69) is 10.3 Å². The van der Waals surface area contributed by atoms with Crippen LogP contribution in [0.3, 0.4) is 0 Å². The summed E-state index contributed by atoms with van der Waals surface area (Å²) in [7, 11) is 0. The summed E-state index contributed by atoms with van der Waals surface area (Å²) in [4.78, 5) is 27.1. The molecule has 0 aliphatic carbocycles. The van der Waals surface area contributed by atoms with Crippen molar-refractivity contribution in [2.75, 3.05) is 6.54 Å². The van der Waals surface area contributed by atoms with Crippen LogP contribution in [0.1, 0.15) is 26.8 Å². The lowest BCUT2D eigenvalue weighted by Crippen LogP contribution is -2.25. The first-order valence-corrected chi connectivity index (χ1v) is 7.62. The third kappa shape index (κ3) is 5.03. The molecular formula is C15H15FN2O4S. The molecule has 23 heavy (non-hydrogen) atoms. The Bertz CT molecular complexity index is 700. The highest BCUT2D eigenvalue weighted by Crippen LogP contribution is 2.20. The third-order valence-electron chi connectivity index (χ3n) is 2.85. The van der Waals surface area contributed by atoms with Crippen LogP contribution in [-0.4, -0.2) is 28.5 Å². The first kappa shape index (κ1) is 16.9. The van der Waals surface area contributed by atoms with Gasteiger partial charge < -0.3 is 15.2 Å². The number of thiazole rings is 1. The number of hydrogen-bond acceptors (Lipinski definition) is 5. The van der Waals surface area contributed by atoms with Gasteiger partial charge in [0.1, 0.15) is 28.1 Å². The lowest BCUT2D eigenvalue weighted by molar-refractivity contribution is -0.136. The van der Waals surface area contributed by atoms with Gasteiger partial charge in [0.05, 0.1) is 12.1 Å². The van der Waals surface area contributed by atoms with E-state index in [1.54, 1.807) is 6.92 Å². The van der Waals surface area contributed by atoms with E-state index < -0.39 is 5.97 Å². The molecule has 122 valence electrons. The Morgan fingerprint density at radius 2 is 2.04 bits per heavy atom. The first-order valence-electron chi connectivity index (χ1n) is 6.80. The molecule has 0 saturated heterocycles. The zero-order valence-corrected chi connectivity index (χ0v) is 13.2. The standard InChI is InChI=1S/C15H15FN2O4S/c1-9-14(15(21)17-7-6-13(19)20)23-12(18-9)8-22-11-4-2-10(16)3-5-11/h2-5H,6-8H2,1H3,(H,17,21)(H,19,20). The van der Waals surface area contributed by atoms with Gasteiger partial charge in [-0.25, -0.2) is 9.37 Å². The molecule has 0 fully saturated rings. The number of carboxylic acids is 1. The topological polar surface area (TPSA) is 88.5 Å². The number of ether oxygens (including phenoxy) is 1. The SMILES string of the molecule is Cc1nc(COc2ccc(F)cc2)sc1C(=O)NCCC(=O)O. The Labute approximate surface area is 135 Å². The molecule has 0 saturated carbocycles.